The molecule has 0 radical (unpaired) electrons. The van der Waals surface area contributed by atoms with Gasteiger partial charge in [-0.25, -0.2) is 10.9 Å². The van der Waals surface area contributed by atoms with E-state index in [4.69, 9.17) is 0 Å². The van der Waals surface area contributed by atoms with Crippen LogP contribution in [0.1, 0.15) is 30.4 Å². The second-order valence-corrected chi connectivity index (χ2v) is 7.58. The summed E-state index contributed by atoms with van der Waals surface area (Å²) in [5.41, 5.74) is 6.90. The first kappa shape index (κ1) is 21.9. The van der Waals surface area contributed by atoms with Crippen molar-refractivity contribution in [1.82, 2.24) is 10.9 Å². The molecule has 6 heteroatoms. The summed E-state index contributed by atoms with van der Waals surface area (Å²) >= 11 is 0. The van der Waals surface area contributed by atoms with Crippen molar-refractivity contribution in [2.24, 2.45) is 10.2 Å². The van der Waals surface area contributed by atoms with Gasteiger partial charge in [-0.1, -0.05) is 84.9 Å². The molecule has 0 heterocycles. The van der Waals surface area contributed by atoms with Gasteiger partial charge in [0.25, 0.3) is 0 Å². The third-order valence-electron chi connectivity index (χ3n) is 5.24. The molecule has 4 aromatic carbocycles. The SMILES string of the molecule is O=C(CCCC(=O)N/N=C\c1cccc2ccccc12)N/N=C\c1cccc2ccccc12. The molecule has 2 amide bonds. The second kappa shape index (κ2) is 10.8. The molecule has 4 rings (SSSR count). The van der Waals surface area contributed by atoms with E-state index in [1.807, 2.05) is 84.9 Å². The Morgan fingerprint density at radius 2 is 1.03 bits per heavy atom. The first-order valence-electron chi connectivity index (χ1n) is 10.8. The highest BCUT2D eigenvalue weighted by molar-refractivity contribution is 6.00. The lowest BCUT2D eigenvalue weighted by atomic mass is 10.1. The molecule has 164 valence electrons. The van der Waals surface area contributed by atoms with Crippen molar-refractivity contribution in [1.29, 1.82) is 0 Å². The predicted molar refractivity (Wildman–Crippen MR) is 133 cm³/mol. The van der Waals surface area contributed by atoms with Crippen LogP contribution < -0.4 is 10.9 Å². The number of rotatable bonds is 8. The molecule has 0 spiro atoms. The molecule has 33 heavy (non-hydrogen) atoms. The lowest BCUT2D eigenvalue weighted by molar-refractivity contribution is -0.122. The van der Waals surface area contributed by atoms with Crippen LogP contribution >= 0.6 is 0 Å². The zero-order valence-corrected chi connectivity index (χ0v) is 18.1. The van der Waals surface area contributed by atoms with Crippen molar-refractivity contribution in [3.63, 3.8) is 0 Å². The molecule has 4 aromatic rings. The number of hydrogen-bond donors (Lipinski definition) is 2. The van der Waals surface area contributed by atoms with Crippen LogP contribution in [0.15, 0.2) is 95.1 Å². The number of hydrogen-bond acceptors (Lipinski definition) is 4. The fourth-order valence-electron chi connectivity index (χ4n) is 3.60. The van der Waals surface area contributed by atoms with E-state index in [1.165, 1.54) is 0 Å². The predicted octanol–water partition coefficient (Wildman–Crippen LogP) is 4.76. The molecule has 0 aromatic heterocycles. The average molecular weight is 437 g/mol. The fourth-order valence-corrected chi connectivity index (χ4v) is 3.60. The Hall–Kier alpha value is -4.32. The first-order valence-corrected chi connectivity index (χ1v) is 10.8. The van der Waals surface area contributed by atoms with Crippen molar-refractivity contribution in [3.8, 4) is 0 Å². The highest BCUT2D eigenvalue weighted by Gasteiger charge is 2.04. The summed E-state index contributed by atoms with van der Waals surface area (Å²) in [7, 11) is 0. The van der Waals surface area contributed by atoms with Gasteiger partial charge < -0.3 is 0 Å². The number of nitrogens with one attached hydrogen (secondary N) is 2. The quantitative estimate of drug-likeness (QED) is 0.308. The van der Waals surface area contributed by atoms with E-state index in [0.29, 0.717) is 6.42 Å². The van der Waals surface area contributed by atoms with Gasteiger partial charge in [-0.05, 0) is 28.0 Å². The summed E-state index contributed by atoms with van der Waals surface area (Å²) in [4.78, 5) is 24.0. The highest BCUT2D eigenvalue weighted by Crippen LogP contribution is 2.17. The van der Waals surface area contributed by atoms with Crippen LogP contribution in [0.3, 0.4) is 0 Å². The van der Waals surface area contributed by atoms with E-state index >= 15 is 0 Å². The van der Waals surface area contributed by atoms with E-state index in [1.54, 1.807) is 12.4 Å². The molecule has 0 saturated heterocycles. The van der Waals surface area contributed by atoms with Gasteiger partial charge in [0.05, 0.1) is 12.4 Å². The molecule has 0 saturated carbocycles. The Bertz CT molecular complexity index is 1230. The van der Waals surface area contributed by atoms with Gasteiger partial charge in [0.15, 0.2) is 0 Å². The minimum atomic E-state index is -0.237. The molecule has 0 unspecified atom stereocenters. The maximum atomic E-state index is 12.0. The summed E-state index contributed by atoms with van der Waals surface area (Å²) in [6.45, 7) is 0. The van der Waals surface area contributed by atoms with E-state index < -0.39 is 0 Å². The Morgan fingerprint density at radius 1 is 0.606 bits per heavy atom. The van der Waals surface area contributed by atoms with Gasteiger partial charge in [-0.2, -0.15) is 10.2 Å². The van der Waals surface area contributed by atoms with Crippen LogP contribution in [0.4, 0.5) is 0 Å². The topological polar surface area (TPSA) is 82.9 Å². The summed E-state index contributed by atoms with van der Waals surface area (Å²) in [5.74, 6) is -0.475. The average Bonchev–Trinajstić information content (AvgIpc) is 2.84. The maximum Gasteiger partial charge on any atom is 0.240 e. The third-order valence-corrected chi connectivity index (χ3v) is 5.24. The van der Waals surface area contributed by atoms with Crippen molar-refractivity contribution >= 4 is 45.8 Å². The molecule has 0 aliphatic carbocycles. The van der Waals surface area contributed by atoms with Crippen molar-refractivity contribution in [2.45, 2.75) is 19.3 Å². The number of carbonyl (C=O) groups excluding carboxylic acids is 2. The molecule has 0 bridgehead atoms. The number of amides is 2. The fraction of sp³-hybridized carbons (Fsp3) is 0.111. The lowest BCUT2D eigenvalue weighted by Crippen LogP contribution is -2.20. The summed E-state index contributed by atoms with van der Waals surface area (Å²) < 4.78 is 0. The van der Waals surface area contributed by atoms with E-state index in [2.05, 4.69) is 21.1 Å². The van der Waals surface area contributed by atoms with Gasteiger partial charge >= 0.3 is 0 Å². The standard InChI is InChI=1S/C27H24N4O2/c32-26(30-28-18-22-12-5-10-20-8-1-3-14-24(20)22)16-7-17-27(33)31-29-19-23-13-6-11-21-9-2-4-15-25(21)23/h1-6,8-15,18-19H,7,16-17H2,(H,30,32)(H,31,33)/b28-18-,29-19-. The summed E-state index contributed by atoms with van der Waals surface area (Å²) in [5, 5.41) is 12.5. The van der Waals surface area contributed by atoms with Gasteiger partial charge in [0.2, 0.25) is 11.8 Å². The third kappa shape index (κ3) is 5.89. The van der Waals surface area contributed by atoms with Crippen LogP contribution in [0.5, 0.6) is 0 Å². The smallest absolute Gasteiger partial charge is 0.240 e. The molecule has 0 atom stereocenters. The molecule has 0 fully saturated rings. The molecule has 0 aliphatic heterocycles. The number of nitrogens with zero attached hydrogens (tertiary/aromatic N) is 2. The molecule has 6 nitrogen and oxygen atoms in total. The lowest BCUT2D eigenvalue weighted by Gasteiger charge is -2.03. The largest absolute Gasteiger partial charge is 0.273 e. The number of fused-ring (bicyclic) bond motifs is 2. The van der Waals surface area contributed by atoms with Crippen LogP contribution in [0.2, 0.25) is 0 Å². The number of hydrazone groups is 2. The van der Waals surface area contributed by atoms with Gasteiger partial charge in [-0.3, -0.25) is 9.59 Å². The van der Waals surface area contributed by atoms with Crippen molar-refractivity contribution < 1.29 is 9.59 Å². The van der Waals surface area contributed by atoms with Crippen LogP contribution in [-0.2, 0) is 9.59 Å². The molecular weight excluding hydrogens is 412 g/mol. The van der Waals surface area contributed by atoms with Crippen LogP contribution in [0, 0.1) is 0 Å². The minimum Gasteiger partial charge on any atom is -0.273 e. The van der Waals surface area contributed by atoms with Gasteiger partial charge in [0, 0.05) is 24.0 Å². The van der Waals surface area contributed by atoms with Crippen LogP contribution in [0.25, 0.3) is 21.5 Å². The van der Waals surface area contributed by atoms with E-state index in [0.717, 1.165) is 32.7 Å². The van der Waals surface area contributed by atoms with Crippen molar-refractivity contribution in [3.05, 3.63) is 96.1 Å². The maximum absolute atomic E-state index is 12.0. The van der Waals surface area contributed by atoms with Gasteiger partial charge in [-0.15, -0.1) is 0 Å². The zero-order chi connectivity index (χ0) is 22.9. The van der Waals surface area contributed by atoms with Crippen molar-refractivity contribution in [2.75, 3.05) is 0 Å². The van der Waals surface area contributed by atoms with E-state index in [9.17, 15) is 9.59 Å². The number of carbonyl (C=O) groups is 2. The van der Waals surface area contributed by atoms with E-state index in [-0.39, 0.29) is 24.7 Å². The van der Waals surface area contributed by atoms with Crippen LogP contribution in [-0.4, -0.2) is 24.2 Å². The molecule has 0 aliphatic rings. The Morgan fingerprint density at radius 3 is 1.52 bits per heavy atom. The Kier molecular flexibility index (Phi) is 7.18. The zero-order valence-electron chi connectivity index (χ0n) is 18.1. The normalized spacial score (nSPS) is 11.4. The Labute approximate surface area is 192 Å². The highest BCUT2D eigenvalue weighted by atomic mass is 16.2. The number of benzene rings is 4. The minimum absolute atomic E-state index is 0.202. The van der Waals surface area contributed by atoms with Gasteiger partial charge in [0.1, 0.15) is 0 Å². The summed E-state index contributed by atoms with van der Waals surface area (Å²) in [6, 6.07) is 27.8. The Balaban J connectivity index is 1.20. The molecular formula is C27H24N4O2. The first-order chi connectivity index (χ1) is 16.2. The summed E-state index contributed by atoms with van der Waals surface area (Å²) in [6.07, 6.45) is 4.08. The molecule has 2 N–H and O–H groups in total. The monoisotopic (exact) mass is 436 g/mol. The second-order valence-electron chi connectivity index (χ2n) is 7.58.